The van der Waals surface area contributed by atoms with Crippen molar-refractivity contribution in [1.82, 2.24) is 9.47 Å². The van der Waals surface area contributed by atoms with Gasteiger partial charge in [0.15, 0.2) is 0 Å². The van der Waals surface area contributed by atoms with Crippen molar-refractivity contribution in [2.75, 3.05) is 19.0 Å². The summed E-state index contributed by atoms with van der Waals surface area (Å²) in [6.45, 7) is 1.14. The van der Waals surface area contributed by atoms with Gasteiger partial charge in [-0.2, -0.15) is 4.99 Å². The van der Waals surface area contributed by atoms with E-state index in [1.807, 2.05) is 42.6 Å². The second-order valence-corrected chi connectivity index (χ2v) is 7.76. The summed E-state index contributed by atoms with van der Waals surface area (Å²) < 4.78 is 2.14. The van der Waals surface area contributed by atoms with Gasteiger partial charge in [-0.1, -0.05) is 29.8 Å². The zero-order chi connectivity index (χ0) is 21.3. The molecule has 0 saturated heterocycles. The Hall–Kier alpha value is -3.38. The highest BCUT2D eigenvalue weighted by atomic mass is 35.5. The molecule has 2 amide bonds. The Morgan fingerprint density at radius 2 is 1.87 bits per heavy atom. The van der Waals surface area contributed by atoms with Gasteiger partial charge >= 0.3 is 0 Å². The third kappa shape index (κ3) is 3.86. The monoisotopic (exact) mass is 420 g/mol. The number of para-hydroxylation sites is 1. The summed E-state index contributed by atoms with van der Waals surface area (Å²) in [4.78, 5) is 33.0. The molecule has 0 spiro atoms. The number of aromatic nitrogens is 1. The van der Waals surface area contributed by atoms with Crippen LogP contribution in [0.25, 0.3) is 0 Å². The van der Waals surface area contributed by atoms with Crippen LogP contribution in [0.4, 0.5) is 5.69 Å². The predicted molar refractivity (Wildman–Crippen MR) is 118 cm³/mol. The average molecular weight is 421 g/mol. The van der Waals surface area contributed by atoms with Crippen LogP contribution in [-0.2, 0) is 13.1 Å². The molecule has 7 heteroatoms. The van der Waals surface area contributed by atoms with Gasteiger partial charge in [0, 0.05) is 43.8 Å². The zero-order valence-corrected chi connectivity index (χ0v) is 17.5. The van der Waals surface area contributed by atoms with E-state index in [9.17, 15) is 9.59 Å². The lowest BCUT2D eigenvalue weighted by molar-refractivity contribution is 0.0979. The van der Waals surface area contributed by atoms with Crippen molar-refractivity contribution >= 4 is 35.4 Å². The number of nitrogens with zero attached hydrogens (tertiary/aromatic N) is 4. The summed E-state index contributed by atoms with van der Waals surface area (Å²) in [7, 11) is 3.56. The van der Waals surface area contributed by atoms with E-state index in [-0.39, 0.29) is 10.9 Å². The van der Waals surface area contributed by atoms with E-state index in [0.717, 1.165) is 16.9 Å². The number of hydrogen-bond acceptors (Lipinski definition) is 2. The van der Waals surface area contributed by atoms with Crippen molar-refractivity contribution < 1.29 is 9.59 Å². The molecule has 0 bridgehead atoms. The van der Waals surface area contributed by atoms with Crippen molar-refractivity contribution in [3.8, 4) is 0 Å². The third-order valence-corrected chi connectivity index (χ3v) is 5.28. The lowest BCUT2D eigenvalue weighted by atomic mass is 10.1. The SMILES string of the molecule is CN(C)/C=N\C(=O)c1ccc(C(=O)N2Cc3cccn3Cc3ccccc32)c(Cl)c1. The molecule has 0 aliphatic carbocycles. The molecule has 30 heavy (non-hydrogen) atoms. The first kappa shape index (κ1) is 19.9. The molecule has 4 rings (SSSR count). The first-order chi connectivity index (χ1) is 14.4. The van der Waals surface area contributed by atoms with Gasteiger partial charge in [-0.25, -0.2) is 0 Å². The van der Waals surface area contributed by atoms with E-state index < -0.39 is 5.91 Å². The van der Waals surface area contributed by atoms with Gasteiger partial charge < -0.3 is 14.4 Å². The van der Waals surface area contributed by atoms with Crippen molar-refractivity contribution in [3.63, 3.8) is 0 Å². The minimum absolute atomic E-state index is 0.210. The van der Waals surface area contributed by atoms with Crippen LogP contribution >= 0.6 is 11.6 Å². The molecule has 152 valence electrons. The van der Waals surface area contributed by atoms with Crippen molar-refractivity contribution in [2.24, 2.45) is 4.99 Å². The summed E-state index contributed by atoms with van der Waals surface area (Å²) in [6, 6.07) is 16.5. The van der Waals surface area contributed by atoms with Crippen LogP contribution in [0.3, 0.4) is 0 Å². The van der Waals surface area contributed by atoms with Gasteiger partial charge in [0.1, 0.15) is 0 Å². The number of carbonyl (C=O) groups excluding carboxylic acids is 2. The van der Waals surface area contributed by atoms with Crippen molar-refractivity contribution in [1.29, 1.82) is 0 Å². The van der Waals surface area contributed by atoms with Crippen LogP contribution in [0.15, 0.2) is 65.8 Å². The summed E-state index contributed by atoms with van der Waals surface area (Å²) in [6.07, 6.45) is 3.44. The standard InChI is InChI=1S/C23H21ClN4O2/c1-26(2)15-25-22(29)16-9-10-19(20(24)12-16)23(30)28-14-18-7-5-11-27(18)13-17-6-3-4-8-21(17)28/h3-12,15H,13-14H2,1-2H3/b25-15-. The van der Waals surface area contributed by atoms with Crippen LogP contribution in [0.5, 0.6) is 0 Å². The maximum atomic E-state index is 13.5. The number of aliphatic imine (C=N–C) groups is 1. The molecule has 1 aromatic heterocycles. The van der Waals surface area contributed by atoms with Crippen LogP contribution in [0, 0.1) is 0 Å². The first-order valence-electron chi connectivity index (χ1n) is 9.52. The van der Waals surface area contributed by atoms with Crippen LogP contribution < -0.4 is 4.90 Å². The predicted octanol–water partition coefficient (Wildman–Crippen LogP) is 4.08. The normalized spacial score (nSPS) is 13.0. The number of amides is 2. The summed E-state index contributed by atoms with van der Waals surface area (Å²) in [5, 5.41) is 0.225. The Morgan fingerprint density at radius 1 is 1.07 bits per heavy atom. The molecular weight excluding hydrogens is 400 g/mol. The molecular formula is C23H21ClN4O2. The number of benzene rings is 2. The quantitative estimate of drug-likeness (QED) is 0.474. The van der Waals surface area contributed by atoms with Gasteiger partial charge in [-0.15, -0.1) is 0 Å². The lowest BCUT2D eigenvalue weighted by Crippen LogP contribution is -2.30. The highest BCUT2D eigenvalue weighted by Crippen LogP contribution is 2.30. The first-order valence-corrected chi connectivity index (χ1v) is 9.90. The Labute approximate surface area is 180 Å². The van der Waals surface area contributed by atoms with E-state index in [1.54, 1.807) is 36.0 Å². The fraction of sp³-hybridized carbons (Fsp3) is 0.174. The second kappa shape index (κ2) is 8.16. The average Bonchev–Trinajstić information content (AvgIpc) is 3.10. The minimum atomic E-state index is -0.414. The Bertz CT molecular complexity index is 1150. The van der Waals surface area contributed by atoms with E-state index in [4.69, 9.17) is 11.6 Å². The van der Waals surface area contributed by atoms with E-state index in [0.29, 0.717) is 24.2 Å². The molecule has 1 aliphatic rings. The molecule has 2 heterocycles. The summed E-state index contributed by atoms with van der Waals surface area (Å²) >= 11 is 6.43. The molecule has 0 radical (unpaired) electrons. The topological polar surface area (TPSA) is 57.9 Å². The number of anilines is 1. The fourth-order valence-corrected chi connectivity index (χ4v) is 3.74. The number of halogens is 1. The fourth-order valence-electron chi connectivity index (χ4n) is 3.48. The Balaban J connectivity index is 1.68. The molecule has 0 N–H and O–H groups in total. The zero-order valence-electron chi connectivity index (χ0n) is 16.7. The number of carbonyl (C=O) groups is 2. The van der Waals surface area contributed by atoms with Gasteiger partial charge in [-0.05, 0) is 42.0 Å². The highest BCUT2D eigenvalue weighted by Gasteiger charge is 2.26. The highest BCUT2D eigenvalue weighted by molar-refractivity contribution is 6.35. The van der Waals surface area contributed by atoms with Crippen LogP contribution in [0.1, 0.15) is 32.0 Å². The largest absolute Gasteiger partial charge is 0.369 e. The molecule has 0 fully saturated rings. The van der Waals surface area contributed by atoms with Crippen LogP contribution in [-0.4, -0.2) is 41.7 Å². The van der Waals surface area contributed by atoms with E-state index in [1.165, 1.54) is 12.4 Å². The maximum Gasteiger partial charge on any atom is 0.278 e. The van der Waals surface area contributed by atoms with Gasteiger partial charge in [0.2, 0.25) is 0 Å². The number of fused-ring (bicyclic) bond motifs is 2. The van der Waals surface area contributed by atoms with Gasteiger partial charge in [0.25, 0.3) is 11.8 Å². The van der Waals surface area contributed by atoms with Crippen LogP contribution in [0.2, 0.25) is 5.02 Å². The number of rotatable bonds is 3. The smallest absolute Gasteiger partial charge is 0.278 e. The van der Waals surface area contributed by atoms with E-state index >= 15 is 0 Å². The summed E-state index contributed by atoms with van der Waals surface area (Å²) in [5.41, 5.74) is 3.64. The third-order valence-electron chi connectivity index (χ3n) is 4.96. The van der Waals surface area contributed by atoms with E-state index in [2.05, 4.69) is 9.56 Å². The lowest BCUT2D eigenvalue weighted by Gasteiger charge is -2.23. The second-order valence-electron chi connectivity index (χ2n) is 7.36. The molecule has 2 aromatic carbocycles. The molecule has 3 aromatic rings. The van der Waals surface area contributed by atoms with Crippen molar-refractivity contribution in [2.45, 2.75) is 13.1 Å². The molecule has 1 aliphatic heterocycles. The Morgan fingerprint density at radius 3 is 2.63 bits per heavy atom. The molecule has 0 atom stereocenters. The Kier molecular flexibility index (Phi) is 5.42. The minimum Gasteiger partial charge on any atom is -0.369 e. The number of hydrogen-bond donors (Lipinski definition) is 0. The maximum absolute atomic E-state index is 13.5. The van der Waals surface area contributed by atoms with Gasteiger partial charge in [-0.3, -0.25) is 9.59 Å². The molecule has 0 unspecified atom stereocenters. The molecule has 6 nitrogen and oxygen atoms in total. The van der Waals surface area contributed by atoms with Crippen molar-refractivity contribution in [3.05, 3.63) is 88.2 Å². The van der Waals surface area contributed by atoms with Gasteiger partial charge in [0.05, 0.1) is 23.5 Å². The summed E-state index contributed by atoms with van der Waals surface area (Å²) in [5.74, 6) is -0.625. The molecule has 0 saturated carbocycles.